The third-order valence-corrected chi connectivity index (χ3v) is 1.78. The molecule has 1 atom stereocenters. The summed E-state index contributed by atoms with van der Waals surface area (Å²) in [5, 5.41) is 8.65. The van der Waals surface area contributed by atoms with E-state index in [1.54, 1.807) is 6.20 Å². The molecule has 0 radical (unpaired) electrons. The molecule has 0 aliphatic carbocycles. The van der Waals surface area contributed by atoms with Crippen LogP contribution in [0.1, 0.15) is 6.92 Å². The molecular formula is C9H11N3. The zero-order chi connectivity index (χ0) is 8.97. The number of hydrogen-bond acceptors (Lipinski definition) is 3. The fourth-order valence-corrected chi connectivity index (χ4v) is 0.847. The maximum absolute atomic E-state index is 8.65. The zero-order valence-corrected chi connectivity index (χ0v) is 7.23. The summed E-state index contributed by atoms with van der Waals surface area (Å²) in [4.78, 5) is 5.96. The Bertz CT molecular complexity index is 276. The summed E-state index contributed by atoms with van der Waals surface area (Å²) >= 11 is 0. The summed E-state index contributed by atoms with van der Waals surface area (Å²) in [6, 6.07) is 7.65. The fourth-order valence-electron chi connectivity index (χ4n) is 0.847. The number of hydrogen-bond donors (Lipinski definition) is 0. The quantitative estimate of drug-likeness (QED) is 0.658. The summed E-state index contributed by atoms with van der Waals surface area (Å²) in [6.07, 6.45) is 1.72. The molecule has 0 N–H and O–H groups in total. The second kappa shape index (κ2) is 3.72. The van der Waals surface area contributed by atoms with Crippen LogP contribution in [0.15, 0.2) is 24.4 Å². The van der Waals surface area contributed by atoms with Gasteiger partial charge in [-0.1, -0.05) is 6.07 Å². The highest BCUT2D eigenvalue weighted by Gasteiger charge is 2.07. The SMILES string of the molecule is CC(C#N)N(C)c1ccccn1. The highest BCUT2D eigenvalue weighted by molar-refractivity contribution is 5.39. The highest BCUT2D eigenvalue weighted by Crippen LogP contribution is 2.09. The van der Waals surface area contributed by atoms with E-state index in [2.05, 4.69) is 11.1 Å². The molecule has 0 aliphatic heterocycles. The van der Waals surface area contributed by atoms with Gasteiger partial charge in [-0.2, -0.15) is 5.26 Å². The van der Waals surface area contributed by atoms with Gasteiger partial charge in [0.2, 0.25) is 0 Å². The maximum atomic E-state index is 8.65. The molecule has 1 rings (SSSR count). The number of rotatable bonds is 2. The fraction of sp³-hybridized carbons (Fsp3) is 0.333. The normalized spacial score (nSPS) is 11.8. The Morgan fingerprint density at radius 3 is 2.83 bits per heavy atom. The number of nitrogens with zero attached hydrogens (tertiary/aromatic N) is 3. The van der Waals surface area contributed by atoms with Crippen molar-refractivity contribution >= 4 is 5.82 Å². The molecule has 12 heavy (non-hydrogen) atoms. The zero-order valence-electron chi connectivity index (χ0n) is 7.23. The van der Waals surface area contributed by atoms with E-state index < -0.39 is 0 Å². The highest BCUT2D eigenvalue weighted by atomic mass is 15.2. The van der Waals surface area contributed by atoms with Gasteiger partial charge in [-0.3, -0.25) is 0 Å². The first-order chi connectivity index (χ1) is 5.75. The lowest BCUT2D eigenvalue weighted by molar-refractivity contribution is 0.819. The summed E-state index contributed by atoms with van der Waals surface area (Å²) in [6.45, 7) is 1.84. The van der Waals surface area contributed by atoms with E-state index >= 15 is 0 Å². The Balaban J connectivity index is 2.80. The molecule has 0 spiro atoms. The lowest BCUT2D eigenvalue weighted by atomic mass is 10.3. The van der Waals surface area contributed by atoms with Crippen molar-refractivity contribution in [2.24, 2.45) is 0 Å². The van der Waals surface area contributed by atoms with Gasteiger partial charge in [-0.05, 0) is 19.1 Å². The van der Waals surface area contributed by atoms with Crippen molar-refractivity contribution in [1.82, 2.24) is 4.98 Å². The second-order valence-electron chi connectivity index (χ2n) is 2.60. The van der Waals surface area contributed by atoms with Crippen molar-refractivity contribution in [3.05, 3.63) is 24.4 Å². The minimum Gasteiger partial charge on any atom is -0.344 e. The van der Waals surface area contributed by atoms with Crippen LogP contribution in [0.3, 0.4) is 0 Å². The Morgan fingerprint density at radius 2 is 2.33 bits per heavy atom. The van der Waals surface area contributed by atoms with Crippen molar-refractivity contribution in [2.75, 3.05) is 11.9 Å². The predicted molar refractivity (Wildman–Crippen MR) is 47.7 cm³/mol. The standard InChI is InChI=1S/C9H11N3/c1-8(7-10)12(2)9-5-3-4-6-11-9/h3-6,8H,1-2H3. The molecular weight excluding hydrogens is 150 g/mol. The lowest BCUT2D eigenvalue weighted by Crippen LogP contribution is -2.27. The Labute approximate surface area is 72.3 Å². The second-order valence-corrected chi connectivity index (χ2v) is 2.60. The Morgan fingerprint density at radius 1 is 1.58 bits per heavy atom. The van der Waals surface area contributed by atoms with Gasteiger partial charge in [0.15, 0.2) is 0 Å². The molecule has 0 bridgehead atoms. The van der Waals surface area contributed by atoms with Crippen molar-refractivity contribution < 1.29 is 0 Å². The molecule has 3 heteroatoms. The molecule has 1 aromatic rings. The number of pyridine rings is 1. The molecule has 1 aromatic heterocycles. The number of nitriles is 1. The average molecular weight is 161 g/mol. The van der Waals surface area contributed by atoms with E-state index in [1.165, 1.54) is 0 Å². The monoisotopic (exact) mass is 161 g/mol. The minimum absolute atomic E-state index is 0.139. The van der Waals surface area contributed by atoms with Crippen LogP contribution in [0.5, 0.6) is 0 Å². The summed E-state index contributed by atoms with van der Waals surface area (Å²) in [5.74, 6) is 0.826. The molecule has 0 saturated carbocycles. The van der Waals surface area contributed by atoms with Gasteiger partial charge in [-0.15, -0.1) is 0 Å². The molecule has 3 nitrogen and oxygen atoms in total. The van der Waals surface area contributed by atoms with Crippen molar-refractivity contribution in [1.29, 1.82) is 5.26 Å². The summed E-state index contributed by atoms with van der Waals surface area (Å²) < 4.78 is 0. The Hall–Kier alpha value is -1.56. The predicted octanol–water partition coefficient (Wildman–Crippen LogP) is 1.43. The molecule has 62 valence electrons. The third kappa shape index (κ3) is 1.73. The maximum Gasteiger partial charge on any atom is 0.129 e. The van der Waals surface area contributed by atoms with Gasteiger partial charge >= 0.3 is 0 Å². The van der Waals surface area contributed by atoms with E-state index in [0.29, 0.717) is 0 Å². The Kier molecular flexibility index (Phi) is 2.65. The first-order valence-electron chi connectivity index (χ1n) is 3.79. The van der Waals surface area contributed by atoms with Gasteiger partial charge in [0.05, 0.1) is 6.07 Å². The molecule has 0 saturated heterocycles. The van der Waals surface area contributed by atoms with Gasteiger partial charge in [-0.25, -0.2) is 4.98 Å². The molecule has 1 heterocycles. The topological polar surface area (TPSA) is 39.9 Å². The van der Waals surface area contributed by atoms with Crippen LogP contribution in [-0.4, -0.2) is 18.1 Å². The summed E-state index contributed by atoms with van der Waals surface area (Å²) in [5.41, 5.74) is 0. The number of anilines is 1. The van der Waals surface area contributed by atoms with E-state index in [9.17, 15) is 0 Å². The van der Waals surface area contributed by atoms with Crippen LogP contribution < -0.4 is 4.90 Å². The lowest BCUT2D eigenvalue weighted by Gasteiger charge is -2.19. The molecule has 1 unspecified atom stereocenters. The first-order valence-corrected chi connectivity index (χ1v) is 3.79. The largest absolute Gasteiger partial charge is 0.344 e. The van der Waals surface area contributed by atoms with Crippen LogP contribution in [0.2, 0.25) is 0 Å². The van der Waals surface area contributed by atoms with Crippen LogP contribution in [0, 0.1) is 11.3 Å². The van der Waals surface area contributed by atoms with E-state index in [4.69, 9.17) is 5.26 Å². The molecule has 0 aliphatic rings. The average Bonchev–Trinajstić information content (AvgIpc) is 2.17. The van der Waals surface area contributed by atoms with Crippen molar-refractivity contribution in [2.45, 2.75) is 13.0 Å². The van der Waals surface area contributed by atoms with Gasteiger partial charge in [0.25, 0.3) is 0 Å². The van der Waals surface area contributed by atoms with Gasteiger partial charge in [0, 0.05) is 13.2 Å². The third-order valence-electron chi connectivity index (χ3n) is 1.78. The number of aromatic nitrogens is 1. The van der Waals surface area contributed by atoms with Crippen LogP contribution >= 0.6 is 0 Å². The smallest absolute Gasteiger partial charge is 0.129 e. The van der Waals surface area contributed by atoms with E-state index in [0.717, 1.165) is 5.82 Å². The first kappa shape index (κ1) is 8.54. The molecule has 0 aromatic carbocycles. The van der Waals surface area contributed by atoms with E-state index in [1.807, 2.05) is 37.1 Å². The molecule has 0 amide bonds. The van der Waals surface area contributed by atoms with Gasteiger partial charge < -0.3 is 4.90 Å². The van der Waals surface area contributed by atoms with E-state index in [-0.39, 0.29) is 6.04 Å². The van der Waals surface area contributed by atoms with Gasteiger partial charge in [0.1, 0.15) is 11.9 Å². The van der Waals surface area contributed by atoms with Crippen LogP contribution in [0.25, 0.3) is 0 Å². The van der Waals surface area contributed by atoms with Crippen LogP contribution in [-0.2, 0) is 0 Å². The minimum atomic E-state index is -0.139. The van der Waals surface area contributed by atoms with Crippen LogP contribution in [0.4, 0.5) is 5.82 Å². The molecule has 0 fully saturated rings. The summed E-state index contributed by atoms with van der Waals surface area (Å²) in [7, 11) is 1.86. The van der Waals surface area contributed by atoms with Crippen molar-refractivity contribution in [3.8, 4) is 6.07 Å². The van der Waals surface area contributed by atoms with Crippen molar-refractivity contribution in [3.63, 3.8) is 0 Å².